The lowest BCUT2D eigenvalue weighted by Gasteiger charge is -2.32. The molecule has 0 saturated heterocycles. The van der Waals surface area contributed by atoms with Crippen LogP contribution in [-0.4, -0.2) is 13.3 Å². The van der Waals surface area contributed by atoms with E-state index in [0.29, 0.717) is 16.9 Å². The van der Waals surface area contributed by atoms with E-state index in [1.54, 1.807) is 43.3 Å². The number of alkyl halides is 3. The van der Waals surface area contributed by atoms with Gasteiger partial charge in [0.05, 0.1) is 13.5 Å². The fraction of sp³-hybridized carbons (Fsp3) is 0.333. The molecule has 2 aromatic rings. The summed E-state index contributed by atoms with van der Waals surface area (Å²) in [6.45, 7) is 3.55. The van der Waals surface area contributed by atoms with Crippen LogP contribution in [0.15, 0.2) is 48.5 Å². The maximum Gasteiger partial charge on any atom is 0.390 e. The molecule has 0 heterocycles. The normalized spacial score (nSPS) is 14.5. The van der Waals surface area contributed by atoms with Crippen molar-refractivity contribution in [1.82, 2.24) is 0 Å². The Labute approximate surface area is 128 Å². The van der Waals surface area contributed by atoms with Gasteiger partial charge >= 0.3 is 6.18 Å². The fourth-order valence-electron chi connectivity index (χ4n) is 2.65. The lowest BCUT2D eigenvalue weighted by molar-refractivity contribution is -0.144. The molecule has 0 spiro atoms. The Hall–Kier alpha value is -1.97. The molecule has 0 aliphatic carbocycles. The number of hydrogen-bond donors (Lipinski definition) is 0. The third kappa shape index (κ3) is 3.62. The number of methoxy groups -OCH3 is 1. The third-order valence-corrected chi connectivity index (χ3v) is 3.97. The zero-order valence-electron chi connectivity index (χ0n) is 12.9. The molecule has 0 fully saturated rings. The molecule has 0 radical (unpaired) electrons. The van der Waals surface area contributed by atoms with Gasteiger partial charge in [0.2, 0.25) is 0 Å². The molecule has 0 aromatic heterocycles. The van der Waals surface area contributed by atoms with Gasteiger partial charge in [-0.25, -0.2) is 0 Å². The average molecular weight is 308 g/mol. The van der Waals surface area contributed by atoms with Gasteiger partial charge < -0.3 is 4.74 Å². The molecule has 0 amide bonds. The Morgan fingerprint density at radius 1 is 0.864 bits per heavy atom. The molecule has 0 N–H and O–H groups in total. The minimum atomic E-state index is -4.25. The standard InChI is InChI=1S/C18H19F3O/c1-13-4-6-14(7-5-13)17(2,12-18(19,20)21)15-8-10-16(22-3)11-9-15/h4-11H,12H2,1-3H3. The highest BCUT2D eigenvalue weighted by Gasteiger charge is 2.41. The molecule has 0 aliphatic rings. The summed E-state index contributed by atoms with van der Waals surface area (Å²) in [5, 5.41) is 0. The molecule has 1 nitrogen and oxygen atoms in total. The van der Waals surface area contributed by atoms with Crippen LogP contribution in [0, 0.1) is 6.92 Å². The Kier molecular flexibility index (Phi) is 4.50. The fourth-order valence-corrected chi connectivity index (χ4v) is 2.65. The van der Waals surface area contributed by atoms with Crippen LogP contribution in [0.1, 0.15) is 30.0 Å². The summed E-state index contributed by atoms with van der Waals surface area (Å²) in [4.78, 5) is 0. The molecule has 0 bridgehead atoms. The van der Waals surface area contributed by atoms with E-state index in [1.807, 2.05) is 19.1 Å². The van der Waals surface area contributed by atoms with Crippen molar-refractivity contribution in [2.24, 2.45) is 0 Å². The highest BCUT2D eigenvalue weighted by molar-refractivity contribution is 5.41. The SMILES string of the molecule is COc1ccc(C(C)(CC(F)(F)F)c2ccc(C)cc2)cc1. The maximum absolute atomic E-state index is 13.1. The predicted molar refractivity (Wildman–Crippen MR) is 81.3 cm³/mol. The molecule has 0 aliphatic heterocycles. The van der Waals surface area contributed by atoms with E-state index >= 15 is 0 Å². The first-order valence-corrected chi connectivity index (χ1v) is 7.03. The molecule has 118 valence electrons. The summed E-state index contributed by atoms with van der Waals surface area (Å²) in [6, 6.07) is 14.0. The van der Waals surface area contributed by atoms with E-state index in [9.17, 15) is 13.2 Å². The number of aryl methyl sites for hydroxylation is 1. The van der Waals surface area contributed by atoms with Crippen molar-refractivity contribution in [2.45, 2.75) is 31.9 Å². The Morgan fingerprint density at radius 3 is 1.73 bits per heavy atom. The van der Waals surface area contributed by atoms with Crippen LogP contribution in [0.25, 0.3) is 0 Å². The van der Waals surface area contributed by atoms with Crippen LogP contribution in [0.3, 0.4) is 0 Å². The number of ether oxygens (including phenoxy) is 1. The Morgan fingerprint density at radius 2 is 1.32 bits per heavy atom. The molecule has 1 unspecified atom stereocenters. The number of benzene rings is 2. The first-order valence-electron chi connectivity index (χ1n) is 7.03. The molecule has 1 atom stereocenters. The van der Waals surface area contributed by atoms with Gasteiger partial charge in [-0.15, -0.1) is 0 Å². The van der Waals surface area contributed by atoms with Gasteiger partial charge in [-0.3, -0.25) is 0 Å². The zero-order valence-corrected chi connectivity index (χ0v) is 12.9. The van der Waals surface area contributed by atoms with Crippen molar-refractivity contribution >= 4 is 0 Å². The van der Waals surface area contributed by atoms with Gasteiger partial charge in [0.15, 0.2) is 0 Å². The molecule has 22 heavy (non-hydrogen) atoms. The maximum atomic E-state index is 13.1. The first kappa shape index (κ1) is 16.4. The van der Waals surface area contributed by atoms with Gasteiger partial charge in [0.1, 0.15) is 5.75 Å². The van der Waals surface area contributed by atoms with E-state index in [-0.39, 0.29) is 0 Å². The summed E-state index contributed by atoms with van der Waals surface area (Å²) < 4.78 is 44.4. The number of halogens is 3. The van der Waals surface area contributed by atoms with Gasteiger partial charge in [-0.1, -0.05) is 48.9 Å². The van der Waals surface area contributed by atoms with Crippen molar-refractivity contribution in [3.63, 3.8) is 0 Å². The number of hydrogen-bond acceptors (Lipinski definition) is 1. The monoisotopic (exact) mass is 308 g/mol. The summed E-state index contributed by atoms with van der Waals surface area (Å²) >= 11 is 0. The number of rotatable bonds is 4. The lowest BCUT2D eigenvalue weighted by atomic mass is 9.73. The van der Waals surface area contributed by atoms with E-state index in [2.05, 4.69) is 0 Å². The molecular weight excluding hydrogens is 289 g/mol. The summed E-state index contributed by atoms with van der Waals surface area (Å²) in [6.07, 6.45) is -5.16. The van der Waals surface area contributed by atoms with Gasteiger partial charge in [-0.05, 0) is 30.2 Å². The van der Waals surface area contributed by atoms with E-state index in [0.717, 1.165) is 5.56 Å². The molecule has 2 aromatic carbocycles. The topological polar surface area (TPSA) is 9.23 Å². The Bertz CT molecular complexity index is 614. The van der Waals surface area contributed by atoms with Crippen LogP contribution in [0.4, 0.5) is 13.2 Å². The van der Waals surface area contributed by atoms with Crippen LogP contribution in [0.5, 0.6) is 5.75 Å². The summed E-state index contributed by atoms with van der Waals surface area (Å²) in [5.41, 5.74) is 1.17. The van der Waals surface area contributed by atoms with Crippen molar-refractivity contribution in [2.75, 3.05) is 7.11 Å². The average Bonchev–Trinajstić information content (AvgIpc) is 2.46. The van der Waals surface area contributed by atoms with Gasteiger partial charge in [0, 0.05) is 5.41 Å². The summed E-state index contributed by atoms with van der Waals surface area (Å²) in [7, 11) is 1.53. The quantitative estimate of drug-likeness (QED) is 0.748. The second-order valence-electron chi connectivity index (χ2n) is 5.72. The molecular formula is C18H19F3O. The molecule has 4 heteroatoms. The second kappa shape index (κ2) is 6.03. The van der Waals surface area contributed by atoms with Gasteiger partial charge in [-0.2, -0.15) is 13.2 Å². The van der Waals surface area contributed by atoms with E-state index in [4.69, 9.17) is 4.74 Å². The van der Waals surface area contributed by atoms with Crippen LogP contribution in [-0.2, 0) is 5.41 Å². The van der Waals surface area contributed by atoms with Crippen LogP contribution >= 0.6 is 0 Å². The molecule has 0 saturated carbocycles. The lowest BCUT2D eigenvalue weighted by Crippen LogP contribution is -2.30. The summed E-state index contributed by atoms with van der Waals surface area (Å²) in [5.74, 6) is 0.627. The predicted octanol–water partition coefficient (Wildman–Crippen LogP) is 5.26. The van der Waals surface area contributed by atoms with Crippen LogP contribution in [0.2, 0.25) is 0 Å². The van der Waals surface area contributed by atoms with Gasteiger partial charge in [0.25, 0.3) is 0 Å². The highest BCUT2D eigenvalue weighted by atomic mass is 19.4. The van der Waals surface area contributed by atoms with Crippen molar-refractivity contribution in [3.05, 3.63) is 65.2 Å². The first-order chi connectivity index (χ1) is 10.2. The minimum Gasteiger partial charge on any atom is -0.497 e. The third-order valence-electron chi connectivity index (χ3n) is 3.97. The van der Waals surface area contributed by atoms with Crippen molar-refractivity contribution in [1.29, 1.82) is 0 Å². The largest absolute Gasteiger partial charge is 0.497 e. The van der Waals surface area contributed by atoms with Crippen LogP contribution < -0.4 is 4.74 Å². The van der Waals surface area contributed by atoms with Crippen molar-refractivity contribution < 1.29 is 17.9 Å². The second-order valence-corrected chi connectivity index (χ2v) is 5.72. The minimum absolute atomic E-state index is 0.620. The van der Waals surface area contributed by atoms with E-state index in [1.165, 1.54) is 7.11 Å². The highest BCUT2D eigenvalue weighted by Crippen LogP contribution is 2.42. The Balaban J connectivity index is 2.51. The smallest absolute Gasteiger partial charge is 0.390 e. The van der Waals surface area contributed by atoms with E-state index < -0.39 is 18.0 Å². The van der Waals surface area contributed by atoms with Crippen molar-refractivity contribution in [3.8, 4) is 5.75 Å². The zero-order chi connectivity index (χ0) is 16.4. The molecule has 2 rings (SSSR count).